The van der Waals surface area contributed by atoms with Gasteiger partial charge in [-0.15, -0.1) is 0 Å². The monoisotopic (exact) mass is 361 g/mol. The minimum absolute atomic E-state index is 0.509. The van der Waals surface area contributed by atoms with Crippen LogP contribution in [0.2, 0.25) is 0 Å². The third-order valence-electron chi connectivity index (χ3n) is 5.57. The lowest BCUT2D eigenvalue weighted by atomic mass is 10.1. The van der Waals surface area contributed by atoms with E-state index < -0.39 is 10.6 Å². The Morgan fingerprint density at radius 3 is 2.44 bits per heavy atom. The number of nitrogens with zero attached hydrogens (tertiary/aromatic N) is 3. The van der Waals surface area contributed by atoms with Gasteiger partial charge in [-0.05, 0) is 31.9 Å². The van der Waals surface area contributed by atoms with Crippen LogP contribution in [-0.4, -0.2) is 62.7 Å². The van der Waals surface area contributed by atoms with Crippen LogP contribution in [-0.2, 0) is 0 Å². The van der Waals surface area contributed by atoms with Crippen molar-refractivity contribution in [2.24, 2.45) is 0 Å². The Kier molecular flexibility index (Phi) is 4.62. The largest absolute Gasteiger partial charge is 0.367 e. The normalized spacial score (nSPS) is 23.7. The standard InChI is InChI=1S/C19H27N3O2S/c1-15-5-6-16-3-2-4-18(19(16)20-15)22-11-9-21(10-12-22)17-7-13-25(23,24)14-8-17/h2-6,17,23-24H,7-14H2,1H3. The lowest BCUT2D eigenvalue weighted by molar-refractivity contribution is 0.171. The van der Waals surface area contributed by atoms with Crippen LogP contribution in [0, 0.1) is 6.92 Å². The molecule has 2 fully saturated rings. The number of pyridine rings is 1. The predicted octanol–water partition coefficient (Wildman–Crippen LogP) is 3.58. The topological polar surface area (TPSA) is 59.8 Å². The molecule has 2 saturated heterocycles. The van der Waals surface area contributed by atoms with E-state index in [1.165, 1.54) is 11.1 Å². The summed E-state index contributed by atoms with van der Waals surface area (Å²) in [4.78, 5) is 9.75. The second-order valence-electron chi connectivity index (χ2n) is 7.27. The van der Waals surface area contributed by atoms with E-state index in [-0.39, 0.29) is 0 Å². The maximum absolute atomic E-state index is 9.81. The molecular weight excluding hydrogens is 334 g/mol. The molecule has 0 radical (unpaired) electrons. The molecule has 3 heterocycles. The Morgan fingerprint density at radius 2 is 1.72 bits per heavy atom. The van der Waals surface area contributed by atoms with Gasteiger partial charge in [-0.3, -0.25) is 19.0 Å². The number of benzene rings is 1. The van der Waals surface area contributed by atoms with Crippen LogP contribution in [0.1, 0.15) is 18.5 Å². The number of hydrogen-bond acceptors (Lipinski definition) is 5. The van der Waals surface area contributed by atoms with Gasteiger partial charge in [-0.2, -0.15) is 10.6 Å². The molecule has 0 atom stereocenters. The van der Waals surface area contributed by atoms with Crippen LogP contribution < -0.4 is 4.90 Å². The summed E-state index contributed by atoms with van der Waals surface area (Å²) in [6.07, 6.45) is 1.83. The molecular formula is C19H27N3O2S. The van der Waals surface area contributed by atoms with Crippen molar-refractivity contribution in [1.82, 2.24) is 9.88 Å². The highest BCUT2D eigenvalue weighted by Crippen LogP contribution is 2.45. The Morgan fingerprint density at radius 1 is 1.00 bits per heavy atom. The molecule has 0 unspecified atom stereocenters. The summed E-state index contributed by atoms with van der Waals surface area (Å²) in [6, 6.07) is 11.2. The molecule has 136 valence electrons. The molecule has 0 saturated carbocycles. The lowest BCUT2D eigenvalue weighted by Gasteiger charge is -2.46. The Balaban J connectivity index is 1.45. The second kappa shape index (κ2) is 6.76. The fraction of sp³-hybridized carbons (Fsp3) is 0.526. The summed E-state index contributed by atoms with van der Waals surface area (Å²) in [6.45, 7) is 6.11. The third-order valence-corrected chi connectivity index (χ3v) is 7.34. The SMILES string of the molecule is Cc1ccc2cccc(N3CCN(C4CCS(O)(O)CC4)CC3)c2n1. The van der Waals surface area contributed by atoms with Crippen LogP contribution in [0.4, 0.5) is 5.69 Å². The zero-order valence-electron chi connectivity index (χ0n) is 14.8. The van der Waals surface area contributed by atoms with E-state index in [1.807, 2.05) is 6.92 Å². The molecule has 0 aliphatic carbocycles. The summed E-state index contributed by atoms with van der Waals surface area (Å²) in [5.74, 6) is 1.15. The average molecular weight is 362 g/mol. The zero-order chi connectivity index (χ0) is 17.4. The molecule has 1 aromatic carbocycles. The van der Waals surface area contributed by atoms with Gasteiger partial charge in [-0.25, -0.2) is 0 Å². The molecule has 1 aromatic heterocycles. The molecule has 2 aliphatic rings. The van der Waals surface area contributed by atoms with Crippen molar-refractivity contribution in [3.05, 3.63) is 36.0 Å². The maximum atomic E-state index is 9.81. The summed E-state index contributed by atoms with van der Waals surface area (Å²) in [7, 11) is -2.28. The lowest BCUT2D eigenvalue weighted by Crippen LogP contribution is -2.52. The predicted molar refractivity (Wildman–Crippen MR) is 106 cm³/mol. The number of rotatable bonds is 2. The summed E-state index contributed by atoms with van der Waals surface area (Å²) in [5, 5.41) is 1.20. The molecule has 2 N–H and O–H groups in total. The molecule has 0 bridgehead atoms. The fourth-order valence-electron chi connectivity index (χ4n) is 4.07. The van der Waals surface area contributed by atoms with Crippen molar-refractivity contribution in [1.29, 1.82) is 0 Å². The summed E-state index contributed by atoms with van der Waals surface area (Å²) >= 11 is 0. The third kappa shape index (κ3) is 3.62. The first-order valence-electron chi connectivity index (χ1n) is 9.11. The quantitative estimate of drug-likeness (QED) is 0.856. The molecule has 2 aliphatic heterocycles. The Hall–Kier alpha value is -1.34. The van der Waals surface area contributed by atoms with E-state index in [4.69, 9.17) is 4.98 Å². The Labute approximate surface area is 151 Å². The molecule has 6 heteroatoms. The van der Waals surface area contributed by atoms with Gasteiger partial charge in [0.25, 0.3) is 0 Å². The van der Waals surface area contributed by atoms with Crippen molar-refractivity contribution in [2.75, 3.05) is 42.6 Å². The number of piperazine rings is 1. The molecule has 2 aromatic rings. The van der Waals surface area contributed by atoms with Gasteiger partial charge in [0.05, 0.1) is 11.2 Å². The molecule has 0 spiro atoms. The van der Waals surface area contributed by atoms with Gasteiger partial charge in [0.2, 0.25) is 0 Å². The zero-order valence-corrected chi connectivity index (χ0v) is 15.6. The molecule has 4 rings (SSSR count). The second-order valence-corrected chi connectivity index (χ2v) is 9.69. The van der Waals surface area contributed by atoms with Crippen LogP contribution in [0.25, 0.3) is 10.9 Å². The smallest absolute Gasteiger partial charge is 0.0938 e. The van der Waals surface area contributed by atoms with E-state index in [9.17, 15) is 9.11 Å². The van der Waals surface area contributed by atoms with Gasteiger partial charge in [0.1, 0.15) is 0 Å². The van der Waals surface area contributed by atoms with E-state index in [1.54, 1.807) is 0 Å². The average Bonchev–Trinajstić information content (AvgIpc) is 2.61. The first-order valence-corrected chi connectivity index (χ1v) is 11.0. The molecule has 0 amide bonds. The number of aromatic nitrogens is 1. The van der Waals surface area contributed by atoms with Crippen molar-refractivity contribution in [3.63, 3.8) is 0 Å². The highest BCUT2D eigenvalue weighted by Gasteiger charge is 2.30. The van der Waals surface area contributed by atoms with Crippen LogP contribution >= 0.6 is 10.6 Å². The summed E-state index contributed by atoms with van der Waals surface area (Å²) < 4.78 is 19.6. The van der Waals surface area contributed by atoms with Crippen LogP contribution in [0.5, 0.6) is 0 Å². The van der Waals surface area contributed by atoms with Crippen molar-refractivity contribution in [3.8, 4) is 0 Å². The van der Waals surface area contributed by atoms with E-state index in [0.717, 1.165) is 50.2 Å². The first kappa shape index (κ1) is 17.1. The number of anilines is 1. The van der Waals surface area contributed by atoms with Crippen LogP contribution in [0.3, 0.4) is 0 Å². The minimum Gasteiger partial charge on any atom is -0.367 e. The number of hydrogen-bond donors (Lipinski definition) is 2. The first-order chi connectivity index (χ1) is 12.0. The maximum Gasteiger partial charge on any atom is 0.0938 e. The van der Waals surface area contributed by atoms with Gasteiger partial charge >= 0.3 is 0 Å². The summed E-state index contributed by atoms with van der Waals surface area (Å²) in [5.41, 5.74) is 3.39. The molecule has 25 heavy (non-hydrogen) atoms. The van der Waals surface area contributed by atoms with Crippen molar-refractivity contribution >= 4 is 27.2 Å². The molecule has 5 nitrogen and oxygen atoms in total. The van der Waals surface area contributed by atoms with Gasteiger partial charge in [0, 0.05) is 54.8 Å². The van der Waals surface area contributed by atoms with E-state index in [0.29, 0.717) is 17.5 Å². The Bertz CT molecular complexity index is 749. The van der Waals surface area contributed by atoms with Gasteiger partial charge in [0.15, 0.2) is 0 Å². The minimum atomic E-state index is -2.28. The highest BCUT2D eigenvalue weighted by atomic mass is 32.3. The highest BCUT2D eigenvalue weighted by molar-refractivity contribution is 8.24. The van der Waals surface area contributed by atoms with Crippen molar-refractivity contribution in [2.45, 2.75) is 25.8 Å². The number of para-hydroxylation sites is 1. The number of aryl methyl sites for hydroxylation is 1. The van der Waals surface area contributed by atoms with Crippen molar-refractivity contribution < 1.29 is 9.11 Å². The van der Waals surface area contributed by atoms with Gasteiger partial charge in [-0.1, -0.05) is 18.2 Å². The van der Waals surface area contributed by atoms with E-state index in [2.05, 4.69) is 40.1 Å². The number of fused-ring (bicyclic) bond motifs is 1. The van der Waals surface area contributed by atoms with Gasteiger partial charge < -0.3 is 4.90 Å². The fourth-order valence-corrected chi connectivity index (χ4v) is 5.58. The van der Waals surface area contributed by atoms with E-state index >= 15 is 0 Å². The van der Waals surface area contributed by atoms with Crippen LogP contribution in [0.15, 0.2) is 30.3 Å².